The number of aliphatic hydroxyl groups is 1. The van der Waals surface area contributed by atoms with Crippen LogP contribution in [0.4, 0.5) is 0 Å². The van der Waals surface area contributed by atoms with E-state index in [2.05, 4.69) is 41.5 Å². The Bertz CT molecular complexity index is 597. The number of aliphatic hydroxyl groups excluding tert-OH is 1. The van der Waals surface area contributed by atoms with Gasteiger partial charge in [0.15, 0.2) is 0 Å². The van der Waals surface area contributed by atoms with E-state index in [1.807, 2.05) is 0 Å². The van der Waals surface area contributed by atoms with Gasteiger partial charge in [-0.05, 0) is 116 Å². The Morgan fingerprint density at radius 3 is 2.19 bits per heavy atom. The maximum atomic E-state index is 10.8. The Morgan fingerprint density at radius 1 is 0.806 bits per heavy atom. The highest BCUT2D eigenvalue weighted by atomic mass is 16.3. The van der Waals surface area contributed by atoms with E-state index in [1.165, 1.54) is 77.0 Å². The normalized spacial score (nSPS) is 48.2. The van der Waals surface area contributed by atoms with Gasteiger partial charge in [-0.1, -0.05) is 67.2 Å². The van der Waals surface area contributed by atoms with Crippen molar-refractivity contribution >= 4 is 0 Å². The lowest BCUT2D eigenvalue weighted by atomic mass is 9.42. The molecule has 4 saturated carbocycles. The van der Waals surface area contributed by atoms with Crippen molar-refractivity contribution in [1.29, 1.82) is 0 Å². The van der Waals surface area contributed by atoms with Gasteiger partial charge < -0.3 is 5.11 Å². The molecule has 0 aromatic heterocycles. The van der Waals surface area contributed by atoms with Crippen LogP contribution in [0.25, 0.3) is 0 Å². The first-order chi connectivity index (χ1) is 14.7. The minimum Gasteiger partial charge on any atom is -0.393 e. The molecule has 0 aromatic carbocycles. The van der Waals surface area contributed by atoms with E-state index < -0.39 is 0 Å². The van der Waals surface area contributed by atoms with Crippen molar-refractivity contribution in [2.75, 3.05) is 0 Å². The first-order valence-electron chi connectivity index (χ1n) is 14.4. The SMILES string of the molecule is CCC[C@H]1C2CCC3C(CC[C@@]4(C)C3CC[C@@H]4[C@H](C)CCCC(C)C)[C@@]2(C)CC[C@H]1O. The third-order valence-electron chi connectivity index (χ3n) is 11.8. The second-order valence-corrected chi connectivity index (χ2v) is 13.7. The molecule has 0 bridgehead atoms. The summed E-state index contributed by atoms with van der Waals surface area (Å²) < 4.78 is 0. The lowest BCUT2D eigenvalue weighted by molar-refractivity contribution is -0.153. The molecule has 0 heterocycles. The molecule has 1 N–H and O–H groups in total. The van der Waals surface area contributed by atoms with Crippen LogP contribution in [-0.2, 0) is 0 Å². The van der Waals surface area contributed by atoms with Crippen LogP contribution < -0.4 is 0 Å². The maximum Gasteiger partial charge on any atom is 0.0571 e. The lowest BCUT2D eigenvalue weighted by Gasteiger charge is -2.63. The van der Waals surface area contributed by atoms with Gasteiger partial charge in [-0.2, -0.15) is 0 Å². The number of fused-ring (bicyclic) bond motifs is 5. The van der Waals surface area contributed by atoms with Crippen molar-refractivity contribution in [3.8, 4) is 0 Å². The van der Waals surface area contributed by atoms with Crippen molar-refractivity contribution < 1.29 is 5.11 Å². The molecule has 4 aliphatic carbocycles. The fourth-order valence-electron chi connectivity index (χ4n) is 10.3. The summed E-state index contributed by atoms with van der Waals surface area (Å²) in [4.78, 5) is 0. The van der Waals surface area contributed by atoms with E-state index in [1.54, 1.807) is 0 Å². The van der Waals surface area contributed by atoms with Crippen LogP contribution in [-0.4, -0.2) is 11.2 Å². The summed E-state index contributed by atoms with van der Waals surface area (Å²) in [5.74, 6) is 7.00. The van der Waals surface area contributed by atoms with Crippen molar-refractivity contribution in [3.05, 3.63) is 0 Å². The zero-order chi connectivity index (χ0) is 22.4. The van der Waals surface area contributed by atoms with Gasteiger partial charge in [-0.15, -0.1) is 0 Å². The van der Waals surface area contributed by atoms with E-state index in [-0.39, 0.29) is 6.10 Å². The van der Waals surface area contributed by atoms with E-state index in [4.69, 9.17) is 0 Å². The quantitative estimate of drug-likeness (QED) is 0.429. The highest BCUT2D eigenvalue weighted by molar-refractivity contribution is 5.10. The molecule has 4 rings (SSSR count). The molecule has 4 aliphatic rings. The summed E-state index contributed by atoms with van der Waals surface area (Å²) in [5.41, 5.74) is 1.11. The summed E-state index contributed by atoms with van der Waals surface area (Å²) in [7, 11) is 0. The van der Waals surface area contributed by atoms with Crippen LogP contribution in [0.1, 0.15) is 125 Å². The summed E-state index contributed by atoms with van der Waals surface area (Å²) >= 11 is 0. The fraction of sp³-hybridized carbons (Fsp3) is 1.00. The van der Waals surface area contributed by atoms with Gasteiger partial charge in [0.2, 0.25) is 0 Å². The second kappa shape index (κ2) is 9.31. The van der Waals surface area contributed by atoms with Crippen molar-refractivity contribution in [2.24, 2.45) is 58.2 Å². The van der Waals surface area contributed by atoms with Gasteiger partial charge in [0.1, 0.15) is 0 Å². The van der Waals surface area contributed by atoms with Crippen LogP contribution in [0.2, 0.25) is 0 Å². The Morgan fingerprint density at radius 2 is 1.48 bits per heavy atom. The second-order valence-electron chi connectivity index (χ2n) is 13.7. The first-order valence-corrected chi connectivity index (χ1v) is 14.4. The molecule has 10 atom stereocenters. The highest BCUT2D eigenvalue weighted by Crippen LogP contribution is 2.69. The monoisotopic (exact) mass is 430 g/mol. The molecule has 4 fully saturated rings. The van der Waals surface area contributed by atoms with Crippen molar-refractivity contribution in [3.63, 3.8) is 0 Å². The first kappa shape index (κ1) is 24.1. The average molecular weight is 431 g/mol. The Labute approximate surface area is 194 Å². The molecular formula is C30H54O. The Kier molecular flexibility index (Phi) is 7.23. The summed E-state index contributed by atoms with van der Waals surface area (Å²) in [6, 6.07) is 0. The molecule has 0 amide bonds. The van der Waals surface area contributed by atoms with E-state index in [9.17, 15) is 5.11 Å². The average Bonchev–Trinajstić information content (AvgIpc) is 3.07. The van der Waals surface area contributed by atoms with Gasteiger partial charge in [0.25, 0.3) is 0 Å². The molecule has 0 aliphatic heterocycles. The number of rotatable bonds is 7. The topological polar surface area (TPSA) is 20.2 Å². The van der Waals surface area contributed by atoms with Crippen LogP contribution in [0.3, 0.4) is 0 Å². The minimum atomic E-state index is -0.0222. The Balaban J connectivity index is 1.48. The van der Waals surface area contributed by atoms with Crippen LogP contribution in [0.15, 0.2) is 0 Å². The molecule has 4 unspecified atom stereocenters. The molecule has 1 heteroatoms. The van der Waals surface area contributed by atoms with Gasteiger partial charge >= 0.3 is 0 Å². The standard InChI is InChI=1S/C30H54O/c1-7-9-23-26-13-12-22-25-15-14-24(21(4)11-8-10-20(2)3)29(25,5)18-16-27(22)30(26,6)19-17-28(23)31/h20-28,31H,7-19H2,1-6H3/t21-,22?,23+,24-,25?,26?,27?,28-,29-,30+/m1/s1. The lowest BCUT2D eigenvalue weighted by Crippen LogP contribution is -2.56. The zero-order valence-electron chi connectivity index (χ0n) is 21.8. The number of hydrogen-bond acceptors (Lipinski definition) is 1. The summed E-state index contributed by atoms with van der Waals surface area (Å²) in [6.45, 7) is 15.1. The third kappa shape index (κ3) is 4.17. The molecule has 0 radical (unpaired) electrons. The van der Waals surface area contributed by atoms with Gasteiger partial charge in [-0.25, -0.2) is 0 Å². The van der Waals surface area contributed by atoms with Gasteiger partial charge in [-0.3, -0.25) is 0 Å². The summed E-state index contributed by atoms with van der Waals surface area (Å²) in [5, 5.41) is 10.8. The minimum absolute atomic E-state index is 0.0222. The maximum absolute atomic E-state index is 10.8. The zero-order valence-corrected chi connectivity index (χ0v) is 21.8. The third-order valence-corrected chi connectivity index (χ3v) is 11.8. The summed E-state index contributed by atoms with van der Waals surface area (Å²) in [6.07, 6.45) is 18.0. The van der Waals surface area contributed by atoms with Crippen LogP contribution in [0, 0.1) is 58.2 Å². The molecule has 180 valence electrons. The van der Waals surface area contributed by atoms with E-state index >= 15 is 0 Å². The number of hydrogen-bond donors (Lipinski definition) is 1. The van der Waals surface area contributed by atoms with Crippen molar-refractivity contribution in [1.82, 2.24) is 0 Å². The van der Waals surface area contributed by atoms with E-state index in [0.717, 1.165) is 47.8 Å². The molecular weight excluding hydrogens is 376 g/mol. The van der Waals surface area contributed by atoms with Gasteiger partial charge in [0.05, 0.1) is 6.10 Å². The Hall–Kier alpha value is -0.0400. The molecule has 0 saturated heterocycles. The molecule has 0 aromatic rings. The van der Waals surface area contributed by atoms with E-state index in [0.29, 0.717) is 16.7 Å². The molecule has 0 spiro atoms. The van der Waals surface area contributed by atoms with Gasteiger partial charge in [0, 0.05) is 0 Å². The highest BCUT2D eigenvalue weighted by Gasteiger charge is 2.61. The van der Waals surface area contributed by atoms with Crippen LogP contribution in [0.5, 0.6) is 0 Å². The predicted octanol–water partition coefficient (Wildman–Crippen LogP) is 8.49. The van der Waals surface area contributed by atoms with Crippen molar-refractivity contribution in [2.45, 2.75) is 131 Å². The van der Waals surface area contributed by atoms with Crippen LogP contribution >= 0.6 is 0 Å². The largest absolute Gasteiger partial charge is 0.393 e. The predicted molar refractivity (Wildman–Crippen MR) is 133 cm³/mol. The molecule has 31 heavy (non-hydrogen) atoms. The molecule has 1 nitrogen and oxygen atoms in total. The smallest absolute Gasteiger partial charge is 0.0571 e. The fourth-order valence-corrected chi connectivity index (χ4v) is 10.3.